The molecular formula is C41H48ClN5O7. The Morgan fingerprint density at radius 3 is 1.78 bits per heavy atom. The van der Waals surface area contributed by atoms with Crippen molar-refractivity contribution in [3.05, 3.63) is 85.9 Å². The van der Waals surface area contributed by atoms with Crippen LogP contribution in [0.5, 0.6) is 17.2 Å². The number of methoxy groups -OCH3 is 2. The number of fused-ring (bicyclic) bond motifs is 6. The van der Waals surface area contributed by atoms with Crippen LogP contribution in [0.4, 0.5) is 4.79 Å². The summed E-state index contributed by atoms with van der Waals surface area (Å²) in [6.07, 6.45) is 3.64. The van der Waals surface area contributed by atoms with Crippen LogP contribution in [-0.4, -0.2) is 57.7 Å². The van der Waals surface area contributed by atoms with Crippen molar-refractivity contribution in [1.82, 2.24) is 24.4 Å². The van der Waals surface area contributed by atoms with Gasteiger partial charge in [-0.2, -0.15) is 0 Å². The number of halogens is 1. The van der Waals surface area contributed by atoms with E-state index in [4.69, 9.17) is 30.5 Å². The van der Waals surface area contributed by atoms with Gasteiger partial charge in [-0.15, -0.1) is 0 Å². The Morgan fingerprint density at radius 2 is 1.30 bits per heavy atom. The molecule has 1 N–H and O–H groups in total. The minimum Gasteiger partial charge on any atom is -0.495 e. The predicted molar refractivity (Wildman–Crippen MR) is 215 cm³/mol. The van der Waals surface area contributed by atoms with Crippen LogP contribution in [0.2, 0.25) is 5.02 Å². The molecule has 4 aromatic heterocycles. The van der Waals surface area contributed by atoms with Gasteiger partial charge >= 0.3 is 6.09 Å². The number of hydrogen-bond donors (Lipinski definition) is 1. The van der Waals surface area contributed by atoms with E-state index in [2.05, 4.69) is 29.1 Å². The summed E-state index contributed by atoms with van der Waals surface area (Å²) in [6, 6.07) is 10.7. The zero-order valence-electron chi connectivity index (χ0n) is 32.7. The zero-order chi connectivity index (χ0) is 39.6. The molecule has 0 aliphatic carbocycles. The van der Waals surface area contributed by atoms with Crippen LogP contribution >= 0.6 is 11.6 Å². The maximum atomic E-state index is 13.0. The molecule has 0 bridgehead atoms. The monoisotopic (exact) mass is 757 g/mol. The molecule has 12 nitrogen and oxygen atoms in total. The van der Waals surface area contributed by atoms with Crippen LogP contribution in [0.3, 0.4) is 0 Å². The summed E-state index contributed by atoms with van der Waals surface area (Å²) in [4.78, 5) is 46.3. The van der Waals surface area contributed by atoms with Gasteiger partial charge in [-0.05, 0) is 77.3 Å². The molecule has 0 saturated carbocycles. The van der Waals surface area contributed by atoms with Gasteiger partial charge in [0.15, 0.2) is 11.5 Å². The molecular weight excluding hydrogens is 710 g/mol. The fourth-order valence-corrected chi connectivity index (χ4v) is 6.82. The number of hydrogen-bond acceptors (Lipinski definition) is 9. The molecule has 6 rings (SSSR count). The molecule has 6 aromatic rings. The second-order valence-corrected chi connectivity index (χ2v) is 15.1. The van der Waals surface area contributed by atoms with Gasteiger partial charge in [-0.25, -0.2) is 4.79 Å². The molecule has 0 aliphatic rings. The molecule has 0 fully saturated rings. The number of nitrogens with one attached hydrogen (secondary N) is 1. The quantitative estimate of drug-likeness (QED) is 0.154. The number of benzene rings is 2. The summed E-state index contributed by atoms with van der Waals surface area (Å²) in [5.74, 6) is 1.97. The molecule has 0 aliphatic heterocycles. The van der Waals surface area contributed by atoms with Crippen molar-refractivity contribution < 1.29 is 23.7 Å². The number of rotatable bonds is 8. The van der Waals surface area contributed by atoms with Gasteiger partial charge in [-0.1, -0.05) is 25.4 Å². The Balaban J connectivity index is 0.000000237. The predicted octanol–water partition coefficient (Wildman–Crippen LogP) is 7.78. The number of pyridine rings is 4. The molecule has 4 heterocycles. The van der Waals surface area contributed by atoms with Crippen LogP contribution in [0, 0.1) is 19.8 Å². The van der Waals surface area contributed by atoms with E-state index >= 15 is 0 Å². The molecule has 286 valence electrons. The summed E-state index contributed by atoms with van der Waals surface area (Å²) in [5, 5.41) is 8.10. The molecule has 1 unspecified atom stereocenters. The topological polar surface area (TPSA) is 136 Å². The van der Waals surface area contributed by atoms with E-state index in [9.17, 15) is 14.4 Å². The summed E-state index contributed by atoms with van der Waals surface area (Å²) in [6.45, 7) is 13.5. The maximum Gasteiger partial charge on any atom is 0.407 e. The van der Waals surface area contributed by atoms with Crippen molar-refractivity contribution in [3.63, 3.8) is 0 Å². The van der Waals surface area contributed by atoms with Crippen molar-refractivity contribution in [2.24, 2.45) is 20.0 Å². The van der Waals surface area contributed by atoms with Gasteiger partial charge < -0.3 is 33.4 Å². The first kappa shape index (κ1) is 39.8. The van der Waals surface area contributed by atoms with E-state index < -0.39 is 11.7 Å². The van der Waals surface area contributed by atoms with Crippen molar-refractivity contribution >= 4 is 61.0 Å². The number of alkyl carbamates (subject to hydrolysis) is 1. The zero-order valence-corrected chi connectivity index (χ0v) is 33.5. The Kier molecular flexibility index (Phi) is 11.8. The van der Waals surface area contributed by atoms with Crippen molar-refractivity contribution in [3.8, 4) is 17.2 Å². The van der Waals surface area contributed by atoms with Crippen molar-refractivity contribution in [2.75, 3.05) is 20.8 Å². The highest BCUT2D eigenvalue weighted by Crippen LogP contribution is 2.36. The number of amides is 1. The molecule has 0 spiro atoms. The van der Waals surface area contributed by atoms with Crippen LogP contribution in [0.15, 0.2) is 58.4 Å². The average Bonchev–Trinajstić information content (AvgIpc) is 3.10. The van der Waals surface area contributed by atoms with E-state index in [0.717, 1.165) is 38.3 Å². The lowest BCUT2D eigenvalue weighted by Crippen LogP contribution is -2.42. The van der Waals surface area contributed by atoms with E-state index in [1.165, 1.54) is 0 Å². The number of carbonyl (C=O) groups is 1. The van der Waals surface area contributed by atoms with Gasteiger partial charge in [0, 0.05) is 54.1 Å². The van der Waals surface area contributed by atoms with Gasteiger partial charge in [0.05, 0.1) is 58.5 Å². The molecule has 0 saturated heterocycles. The number of ether oxygens (including phenoxy) is 4. The standard InChI is InChI=1S/C26H35N3O5.C15H13ClN2O2/c1-15(2)11-17(28-25(31)34-26(4,5)6)14-33-22-13-20-19(12-21(22)32-8)18-9-10-27-16(3)23(18)24(30)29(20)7;1-8-14-9(4-5-17-8)10-6-13(20-3)11(16)7-12(10)18(2)15(14)19/h9-10,12-13,15,17H,11,14H2,1-8H3,(H,28,31);4-7H,1-3H3. The lowest BCUT2D eigenvalue weighted by atomic mass is 10.0. The Morgan fingerprint density at radius 1 is 0.796 bits per heavy atom. The number of aromatic nitrogens is 4. The smallest absolute Gasteiger partial charge is 0.407 e. The second-order valence-electron chi connectivity index (χ2n) is 14.7. The molecule has 0 radical (unpaired) electrons. The number of nitrogens with zero attached hydrogens (tertiary/aromatic N) is 4. The second kappa shape index (κ2) is 15.9. The first-order chi connectivity index (χ1) is 25.4. The van der Waals surface area contributed by atoms with E-state index in [1.807, 2.05) is 65.0 Å². The van der Waals surface area contributed by atoms with Crippen LogP contribution in [0.1, 0.15) is 52.4 Å². The maximum absolute atomic E-state index is 13.0. The lowest BCUT2D eigenvalue weighted by Gasteiger charge is -2.25. The van der Waals surface area contributed by atoms with Gasteiger partial charge in [0.1, 0.15) is 18.0 Å². The lowest BCUT2D eigenvalue weighted by molar-refractivity contribution is 0.0479. The Hall–Kier alpha value is -5.36. The normalized spacial score (nSPS) is 12.2. The average molecular weight is 758 g/mol. The highest BCUT2D eigenvalue weighted by atomic mass is 35.5. The third kappa shape index (κ3) is 8.23. The molecule has 1 atom stereocenters. The molecule has 54 heavy (non-hydrogen) atoms. The van der Waals surface area contributed by atoms with Crippen LogP contribution in [-0.2, 0) is 18.8 Å². The van der Waals surface area contributed by atoms with Gasteiger partial charge in [0.2, 0.25) is 0 Å². The van der Waals surface area contributed by atoms with Crippen molar-refractivity contribution in [1.29, 1.82) is 0 Å². The summed E-state index contributed by atoms with van der Waals surface area (Å²) in [5.41, 5.74) is 2.13. The van der Waals surface area contributed by atoms with Crippen LogP contribution < -0.4 is 30.6 Å². The number of aryl methyl sites for hydroxylation is 4. The molecule has 13 heteroatoms. The highest BCUT2D eigenvalue weighted by Gasteiger charge is 2.22. The fourth-order valence-electron chi connectivity index (χ4n) is 6.59. The minimum atomic E-state index is -0.587. The van der Waals surface area contributed by atoms with Crippen LogP contribution in [0.25, 0.3) is 43.4 Å². The summed E-state index contributed by atoms with van der Waals surface area (Å²) >= 11 is 6.16. The van der Waals surface area contributed by atoms with E-state index in [-0.39, 0.29) is 23.8 Å². The van der Waals surface area contributed by atoms with E-state index in [1.54, 1.807) is 55.9 Å². The van der Waals surface area contributed by atoms with E-state index in [0.29, 0.717) is 51.1 Å². The third-order valence-corrected chi connectivity index (χ3v) is 9.39. The third-order valence-electron chi connectivity index (χ3n) is 9.09. The SMILES string of the molecule is COc1cc2c3ccnc(C)c3c(=O)n(C)c2cc1Cl.COc1cc2c3ccnc(C)c3c(=O)n(C)c2cc1OCC(CC(C)C)NC(=O)OC(C)(C)C. The molecule has 2 aromatic carbocycles. The highest BCUT2D eigenvalue weighted by molar-refractivity contribution is 6.33. The largest absolute Gasteiger partial charge is 0.495 e. The Labute approximate surface area is 319 Å². The van der Waals surface area contributed by atoms with Gasteiger partial charge in [0.25, 0.3) is 11.1 Å². The summed E-state index contributed by atoms with van der Waals surface area (Å²) in [7, 11) is 6.62. The fraction of sp³-hybridized carbons (Fsp3) is 0.390. The first-order valence-corrected chi connectivity index (χ1v) is 18.0. The van der Waals surface area contributed by atoms with Crippen molar-refractivity contribution in [2.45, 2.75) is 66.5 Å². The minimum absolute atomic E-state index is 0.0701. The Bertz CT molecular complexity index is 2500. The van der Waals surface area contributed by atoms with Gasteiger partial charge in [-0.3, -0.25) is 19.6 Å². The molecule has 1 amide bonds. The summed E-state index contributed by atoms with van der Waals surface area (Å²) < 4.78 is 25.6. The first-order valence-electron chi connectivity index (χ1n) is 17.7. The number of carbonyl (C=O) groups excluding carboxylic acids is 1.